The monoisotopic (exact) mass is 818 g/mol. The van der Waals surface area contributed by atoms with Gasteiger partial charge in [-0.1, -0.05) is 24.3 Å². The molecule has 0 radical (unpaired) electrons. The fraction of sp³-hybridized carbons (Fsp3) is 0.270. The molecule has 0 bridgehead atoms. The zero-order valence-corrected chi connectivity index (χ0v) is 32.3. The average Bonchev–Trinajstić information content (AvgIpc) is 4.01. The van der Waals surface area contributed by atoms with E-state index in [9.17, 15) is 26.4 Å². The number of piperazine rings is 1. The van der Waals surface area contributed by atoms with Gasteiger partial charge in [0, 0.05) is 94.8 Å². The van der Waals surface area contributed by atoms with Gasteiger partial charge in [0.25, 0.3) is 5.91 Å². The molecule has 0 saturated carbocycles. The van der Waals surface area contributed by atoms with Crippen LogP contribution in [0.2, 0.25) is 0 Å². The van der Waals surface area contributed by atoms with E-state index in [1.165, 1.54) is 21.0 Å². The molecule has 57 heavy (non-hydrogen) atoms. The SMILES string of the molecule is NCc1ccc(S(=O)(=O)N2CCC(N)C2)cc1.O=C(NCc1ccc(S(=O)(=O)N2CCNCC2)cc1)c1cc2ccncc2o1.O=C(O)c1cnc2nccn2c1. The summed E-state index contributed by atoms with van der Waals surface area (Å²) >= 11 is 0. The Bertz CT molecular complexity index is 2510. The molecule has 1 atom stereocenters. The standard InChI is InChI=1S/C19H20N4O4S.C11H17N3O2S.C7H5N3O2/c24-19(17-11-15-5-6-21-13-18(15)27-17)22-12-14-1-3-16(4-2-14)28(25,26)23-9-7-20-8-10-23;12-7-9-1-3-11(4-2-9)17(15,16)14-6-5-10(13)8-14;11-6(12)5-3-9-7-8-1-2-10(7)4-5/h1-6,11,13,20H,7-10,12H2,(H,22,24);1-4,10H,5-8,12-13H2;1-4H,(H,11,12). The molecule has 18 nitrogen and oxygen atoms in total. The number of carboxylic acid groups (broad SMARTS) is 1. The molecule has 0 spiro atoms. The van der Waals surface area contributed by atoms with Gasteiger partial charge in [-0.3, -0.25) is 14.2 Å². The Morgan fingerprint density at radius 1 is 0.877 bits per heavy atom. The van der Waals surface area contributed by atoms with Gasteiger partial charge in [-0.15, -0.1) is 0 Å². The van der Waals surface area contributed by atoms with Gasteiger partial charge >= 0.3 is 5.97 Å². The lowest BCUT2D eigenvalue weighted by atomic mass is 10.2. The van der Waals surface area contributed by atoms with Crippen LogP contribution in [0.3, 0.4) is 0 Å². The van der Waals surface area contributed by atoms with E-state index in [4.69, 9.17) is 21.0 Å². The normalized spacial score (nSPS) is 16.4. The molecule has 300 valence electrons. The van der Waals surface area contributed by atoms with E-state index in [2.05, 4.69) is 25.6 Å². The molecule has 6 aromatic rings. The number of rotatable bonds is 9. The van der Waals surface area contributed by atoms with Crippen molar-refractivity contribution in [2.75, 3.05) is 39.3 Å². The van der Waals surface area contributed by atoms with Crippen molar-refractivity contribution in [3.8, 4) is 0 Å². The van der Waals surface area contributed by atoms with Gasteiger partial charge in [0.2, 0.25) is 25.8 Å². The first-order chi connectivity index (χ1) is 27.3. The summed E-state index contributed by atoms with van der Waals surface area (Å²) in [6.45, 7) is 3.82. The zero-order valence-electron chi connectivity index (χ0n) is 30.6. The van der Waals surface area contributed by atoms with Crippen molar-refractivity contribution in [1.82, 2.24) is 38.6 Å². The zero-order chi connectivity index (χ0) is 40.6. The third-order valence-electron chi connectivity index (χ3n) is 9.11. The molecule has 6 heterocycles. The first-order valence-electron chi connectivity index (χ1n) is 17.8. The Labute approximate surface area is 328 Å². The maximum atomic E-state index is 12.6. The topological polar surface area (TPSA) is 261 Å². The molecule has 1 amide bonds. The average molecular weight is 819 g/mol. The molecule has 0 aliphatic carbocycles. The van der Waals surface area contributed by atoms with E-state index < -0.39 is 26.0 Å². The highest BCUT2D eigenvalue weighted by Gasteiger charge is 2.31. The van der Waals surface area contributed by atoms with E-state index >= 15 is 0 Å². The van der Waals surface area contributed by atoms with Crippen LogP contribution >= 0.6 is 0 Å². The molecule has 2 fully saturated rings. The van der Waals surface area contributed by atoms with Crippen LogP contribution in [0.25, 0.3) is 16.7 Å². The van der Waals surface area contributed by atoms with E-state index in [1.54, 1.807) is 89.9 Å². The molecule has 2 saturated heterocycles. The molecular formula is C37H42N10O8S2. The number of imidazole rings is 1. The highest BCUT2D eigenvalue weighted by molar-refractivity contribution is 7.89. The van der Waals surface area contributed by atoms with Gasteiger partial charge in [0.05, 0.1) is 21.6 Å². The van der Waals surface area contributed by atoms with Crippen molar-refractivity contribution in [2.24, 2.45) is 11.5 Å². The van der Waals surface area contributed by atoms with Crippen LogP contribution in [0.15, 0.2) is 112 Å². The smallest absolute Gasteiger partial charge is 0.338 e. The maximum Gasteiger partial charge on any atom is 0.338 e. The summed E-state index contributed by atoms with van der Waals surface area (Å²) < 4.78 is 59.7. The van der Waals surface area contributed by atoms with Crippen LogP contribution < -0.4 is 22.1 Å². The highest BCUT2D eigenvalue weighted by Crippen LogP contribution is 2.21. The van der Waals surface area contributed by atoms with E-state index in [0.717, 1.165) is 22.9 Å². The molecule has 2 aromatic carbocycles. The second kappa shape index (κ2) is 18.1. The quantitative estimate of drug-likeness (QED) is 0.139. The minimum absolute atomic E-state index is 0.0481. The van der Waals surface area contributed by atoms with Crippen molar-refractivity contribution >= 4 is 48.7 Å². The Morgan fingerprint density at radius 3 is 2.16 bits per heavy atom. The number of hydrogen-bond acceptors (Lipinski definition) is 13. The highest BCUT2D eigenvalue weighted by atomic mass is 32.2. The predicted molar refractivity (Wildman–Crippen MR) is 209 cm³/mol. The minimum atomic E-state index is -3.48. The van der Waals surface area contributed by atoms with Crippen LogP contribution in [0.5, 0.6) is 0 Å². The number of pyridine rings is 1. The number of carbonyl (C=O) groups excluding carboxylic acids is 1. The number of hydrogen-bond donors (Lipinski definition) is 5. The van der Waals surface area contributed by atoms with Gasteiger partial charge in [-0.2, -0.15) is 8.61 Å². The number of amides is 1. The molecule has 7 N–H and O–H groups in total. The summed E-state index contributed by atoms with van der Waals surface area (Å²) in [6.07, 6.45) is 9.88. The van der Waals surface area contributed by atoms with Gasteiger partial charge in [0.1, 0.15) is 0 Å². The third kappa shape index (κ3) is 10.0. The van der Waals surface area contributed by atoms with Crippen molar-refractivity contribution in [2.45, 2.75) is 35.3 Å². The Morgan fingerprint density at radius 2 is 1.54 bits per heavy atom. The van der Waals surface area contributed by atoms with Crippen molar-refractivity contribution < 1.29 is 35.9 Å². The Kier molecular flexibility index (Phi) is 13.0. The van der Waals surface area contributed by atoms with Crippen molar-refractivity contribution in [3.63, 3.8) is 0 Å². The van der Waals surface area contributed by atoms with Crippen molar-refractivity contribution in [1.29, 1.82) is 0 Å². The summed E-state index contributed by atoms with van der Waals surface area (Å²) in [7, 11) is -6.87. The van der Waals surface area contributed by atoms with E-state index in [0.29, 0.717) is 62.1 Å². The largest absolute Gasteiger partial charge is 0.478 e. The number of sulfonamides is 2. The summed E-state index contributed by atoms with van der Waals surface area (Å²) in [6, 6.07) is 16.6. The second-order valence-electron chi connectivity index (χ2n) is 13.0. The Hall–Kier alpha value is -5.61. The number of aromatic carboxylic acids is 1. The van der Waals surface area contributed by atoms with Crippen molar-refractivity contribution in [3.05, 3.63) is 120 Å². The number of benzene rings is 2. The van der Waals surface area contributed by atoms with Gasteiger partial charge in [0.15, 0.2) is 11.3 Å². The van der Waals surface area contributed by atoms with Gasteiger partial charge < -0.3 is 31.6 Å². The molecule has 2 aliphatic heterocycles. The van der Waals surface area contributed by atoms with Crippen LogP contribution in [0.1, 0.15) is 38.5 Å². The first kappa shape index (κ1) is 41.0. The van der Waals surface area contributed by atoms with Gasteiger partial charge in [-0.25, -0.2) is 31.6 Å². The molecule has 4 aromatic heterocycles. The fourth-order valence-corrected chi connectivity index (χ4v) is 8.88. The maximum absolute atomic E-state index is 12.6. The lowest BCUT2D eigenvalue weighted by Crippen LogP contribution is -2.46. The molecule has 8 rings (SSSR count). The molecule has 20 heteroatoms. The summed E-state index contributed by atoms with van der Waals surface area (Å²) in [5.41, 5.74) is 13.6. The minimum Gasteiger partial charge on any atom is -0.478 e. The summed E-state index contributed by atoms with van der Waals surface area (Å²) in [4.78, 5) is 35.0. The molecule has 1 unspecified atom stereocenters. The van der Waals surface area contributed by atoms with Crippen LogP contribution in [0, 0.1) is 0 Å². The van der Waals surface area contributed by atoms with E-state index in [1.807, 2.05) is 0 Å². The fourth-order valence-electron chi connectivity index (χ4n) is 5.92. The number of carboxylic acids is 1. The van der Waals surface area contributed by atoms with Crippen LogP contribution in [-0.4, -0.2) is 107 Å². The lowest BCUT2D eigenvalue weighted by Gasteiger charge is -2.26. The van der Waals surface area contributed by atoms with Crippen LogP contribution in [-0.2, 0) is 33.1 Å². The Balaban J connectivity index is 0.000000160. The lowest BCUT2D eigenvalue weighted by molar-refractivity contribution is 0.0695. The molecular weight excluding hydrogens is 777 g/mol. The first-order valence-corrected chi connectivity index (χ1v) is 20.7. The number of carbonyl (C=O) groups is 2. The number of nitrogens with zero attached hydrogens (tertiary/aromatic N) is 6. The number of nitrogens with one attached hydrogen (secondary N) is 2. The predicted octanol–water partition coefficient (Wildman–Crippen LogP) is 1.65. The van der Waals surface area contributed by atoms with Gasteiger partial charge in [-0.05, 0) is 53.9 Å². The summed E-state index contributed by atoms with van der Waals surface area (Å²) in [5.74, 6) is -0.618. The number of fused-ring (bicyclic) bond motifs is 2. The van der Waals surface area contributed by atoms with E-state index in [-0.39, 0.29) is 34.7 Å². The van der Waals surface area contributed by atoms with Crippen LogP contribution in [0.4, 0.5) is 0 Å². The third-order valence-corrected chi connectivity index (χ3v) is 12.9. The summed E-state index contributed by atoms with van der Waals surface area (Å²) in [5, 5.41) is 15.3. The molecule has 2 aliphatic rings. The number of aromatic nitrogens is 4. The number of nitrogens with two attached hydrogens (primary N) is 2. The number of furan rings is 1. The second-order valence-corrected chi connectivity index (χ2v) is 16.9.